The number of nitrogens with zero attached hydrogens (tertiary/aromatic N) is 1. The second-order valence-electron chi connectivity index (χ2n) is 10.2. The molecule has 0 aliphatic carbocycles. The van der Waals surface area contributed by atoms with Crippen molar-refractivity contribution in [3.05, 3.63) is 90.5 Å². The predicted octanol–water partition coefficient (Wildman–Crippen LogP) is 5.39. The van der Waals surface area contributed by atoms with Crippen molar-refractivity contribution in [3.8, 4) is 45.5 Å². The Morgan fingerprint density at radius 1 is 0.881 bits per heavy atom. The molecule has 3 aromatic carbocycles. The lowest BCUT2D eigenvalue weighted by molar-refractivity contribution is -0.140. The zero-order valence-corrected chi connectivity index (χ0v) is 23.1. The van der Waals surface area contributed by atoms with E-state index in [2.05, 4.69) is 5.32 Å². The van der Waals surface area contributed by atoms with Crippen LogP contribution in [-0.4, -0.2) is 51.9 Å². The van der Waals surface area contributed by atoms with Crippen LogP contribution in [0.5, 0.6) is 23.1 Å². The Labute approximate surface area is 244 Å². The topological polar surface area (TPSA) is 130 Å². The highest BCUT2D eigenvalue weighted by molar-refractivity contribution is 5.74. The first-order valence-corrected chi connectivity index (χ1v) is 14.0. The van der Waals surface area contributed by atoms with E-state index in [0.29, 0.717) is 31.1 Å². The van der Waals surface area contributed by atoms with Crippen LogP contribution < -0.4 is 19.5 Å². The Kier molecular flexibility index (Phi) is 9.53. The molecule has 218 valence electrons. The first-order chi connectivity index (χ1) is 20.4. The number of carboxylic acids is 1. The van der Waals surface area contributed by atoms with Crippen LogP contribution >= 0.6 is 0 Å². The summed E-state index contributed by atoms with van der Waals surface area (Å²) in [6.07, 6.45) is 1.90. The van der Waals surface area contributed by atoms with Gasteiger partial charge in [0.25, 0.3) is 0 Å². The molecule has 4 aromatic rings. The molecule has 0 saturated carbocycles. The monoisotopic (exact) mass is 570 g/mol. The molecule has 4 N–H and O–H groups in total. The quantitative estimate of drug-likeness (QED) is 0.116. The van der Waals surface area contributed by atoms with E-state index in [4.69, 9.17) is 19.2 Å². The Bertz CT molecular complexity index is 1480. The van der Waals surface area contributed by atoms with E-state index >= 15 is 0 Å². The number of aliphatic hydroxyl groups excluding tert-OH is 1. The third-order valence-electron chi connectivity index (χ3n) is 7.02. The van der Waals surface area contributed by atoms with Crippen molar-refractivity contribution < 1.29 is 34.3 Å². The van der Waals surface area contributed by atoms with Crippen molar-refractivity contribution in [3.63, 3.8) is 0 Å². The Balaban J connectivity index is 1.13. The molecule has 2 heterocycles. The summed E-state index contributed by atoms with van der Waals surface area (Å²) in [5.41, 5.74) is 4.46. The van der Waals surface area contributed by atoms with E-state index in [1.807, 2.05) is 60.7 Å². The van der Waals surface area contributed by atoms with Crippen LogP contribution in [0.1, 0.15) is 31.2 Å². The number of aromatic nitrogens is 1. The molecular formula is C33H34N2O7. The first-order valence-electron chi connectivity index (χ1n) is 14.0. The van der Waals surface area contributed by atoms with Gasteiger partial charge in [-0.25, -0.2) is 4.98 Å². The number of fused-ring (bicyclic) bond motifs is 1. The van der Waals surface area contributed by atoms with Gasteiger partial charge in [-0.15, -0.1) is 0 Å². The van der Waals surface area contributed by atoms with Crippen LogP contribution in [0, 0.1) is 0 Å². The number of rotatable bonds is 14. The van der Waals surface area contributed by atoms with E-state index < -0.39 is 18.2 Å². The second-order valence-corrected chi connectivity index (χ2v) is 10.2. The maximum absolute atomic E-state index is 11.7. The summed E-state index contributed by atoms with van der Waals surface area (Å²) in [5.74, 6) is 1.03. The SMILES string of the molecule is O=C(O)C(Cc1ccc(O)cc1)N[C@H](O)CCCCCOc1cc(-c2ccc3c(c2)OCO3)cc(-c2ccccc2)n1. The summed E-state index contributed by atoms with van der Waals surface area (Å²) in [4.78, 5) is 16.4. The van der Waals surface area contributed by atoms with Crippen LogP contribution in [0.2, 0.25) is 0 Å². The molecule has 0 fully saturated rings. The van der Waals surface area contributed by atoms with Gasteiger partial charge in [0.05, 0.1) is 12.3 Å². The summed E-state index contributed by atoms with van der Waals surface area (Å²) in [6, 6.07) is 25.1. The van der Waals surface area contributed by atoms with Gasteiger partial charge in [0.15, 0.2) is 11.5 Å². The Morgan fingerprint density at radius 2 is 1.67 bits per heavy atom. The minimum atomic E-state index is -1.04. The van der Waals surface area contributed by atoms with Gasteiger partial charge >= 0.3 is 5.97 Å². The van der Waals surface area contributed by atoms with Gasteiger partial charge in [0.1, 0.15) is 18.0 Å². The maximum atomic E-state index is 11.7. The number of hydrogen-bond donors (Lipinski definition) is 4. The van der Waals surface area contributed by atoms with Gasteiger partial charge in [-0.1, -0.05) is 48.5 Å². The summed E-state index contributed by atoms with van der Waals surface area (Å²) >= 11 is 0. The lowest BCUT2D eigenvalue weighted by atomic mass is 10.0. The van der Waals surface area contributed by atoms with Crippen molar-refractivity contribution in [2.45, 2.75) is 44.4 Å². The number of phenolic OH excluding ortho intramolecular Hbond substituents is 1. The minimum absolute atomic E-state index is 0.118. The Morgan fingerprint density at radius 3 is 2.45 bits per heavy atom. The normalized spacial score (nSPS) is 13.5. The van der Waals surface area contributed by atoms with Crippen molar-refractivity contribution in [1.82, 2.24) is 10.3 Å². The molecule has 2 atom stereocenters. The molecule has 1 aliphatic rings. The summed E-state index contributed by atoms with van der Waals surface area (Å²) in [7, 11) is 0. The average Bonchev–Trinajstić information content (AvgIpc) is 3.48. The van der Waals surface area contributed by atoms with E-state index in [-0.39, 0.29) is 19.0 Å². The summed E-state index contributed by atoms with van der Waals surface area (Å²) in [5, 5.41) is 32.2. The number of phenols is 1. The van der Waals surface area contributed by atoms with E-state index in [1.165, 1.54) is 12.1 Å². The number of pyridine rings is 1. The molecule has 0 spiro atoms. The number of aromatic hydroxyl groups is 1. The largest absolute Gasteiger partial charge is 0.508 e. The van der Waals surface area contributed by atoms with E-state index in [9.17, 15) is 20.1 Å². The Hall–Kier alpha value is -4.60. The third-order valence-corrected chi connectivity index (χ3v) is 7.02. The summed E-state index contributed by atoms with van der Waals surface area (Å²) < 4.78 is 17.1. The lowest BCUT2D eigenvalue weighted by Crippen LogP contribution is -2.44. The first kappa shape index (κ1) is 28.9. The number of aliphatic carboxylic acids is 1. The van der Waals surface area contributed by atoms with Crippen molar-refractivity contribution in [2.24, 2.45) is 0 Å². The number of ether oxygens (including phenoxy) is 3. The predicted molar refractivity (Wildman–Crippen MR) is 158 cm³/mol. The van der Waals surface area contributed by atoms with Gasteiger partial charge in [0.2, 0.25) is 12.7 Å². The van der Waals surface area contributed by atoms with Crippen molar-refractivity contribution in [2.75, 3.05) is 13.4 Å². The average molecular weight is 571 g/mol. The fraction of sp³-hybridized carbons (Fsp3) is 0.273. The molecule has 1 unspecified atom stereocenters. The van der Waals surface area contributed by atoms with E-state index in [1.54, 1.807) is 12.1 Å². The number of hydrogen-bond acceptors (Lipinski definition) is 8. The zero-order chi connectivity index (χ0) is 29.3. The van der Waals surface area contributed by atoms with Gasteiger partial charge < -0.3 is 29.5 Å². The highest BCUT2D eigenvalue weighted by Gasteiger charge is 2.21. The molecule has 0 saturated heterocycles. The second kappa shape index (κ2) is 13.8. The number of unbranched alkanes of at least 4 members (excludes halogenated alkanes) is 2. The van der Waals surface area contributed by atoms with Gasteiger partial charge in [-0.05, 0) is 79.1 Å². The van der Waals surface area contributed by atoms with Crippen LogP contribution in [0.25, 0.3) is 22.4 Å². The molecule has 0 radical (unpaired) electrons. The van der Waals surface area contributed by atoms with E-state index in [0.717, 1.165) is 46.5 Å². The van der Waals surface area contributed by atoms with Crippen LogP contribution in [-0.2, 0) is 11.2 Å². The fourth-order valence-electron chi connectivity index (χ4n) is 4.77. The molecule has 9 heteroatoms. The van der Waals surface area contributed by atoms with Gasteiger partial charge in [-0.3, -0.25) is 10.1 Å². The van der Waals surface area contributed by atoms with Crippen molar-refractivity contribution >= 4 is 5.97 Å². The van der Waals surface area contributed by atoms with Crippen LogP contribution in [0.4, 0.5) is 0 Å². The van der Waals surface area contributed by atoms with Gasteiger partial charge in [0, 0.05) is 11.6 Å². The molecule has 5 rings (SSSR count). The summed E-state index contributed by atoms with van der Waals surface area (Å²) in [6.45, 7) is 0.666. The molecular weight excluding hydrogens is 536 g/mol. The van der Waals surface area contributed by atoms with Crippen molar-refractivity contribution in [1.29, 1.82) is 0 Å². The highest BCUT2D eigenvalue weighted by atomic mass is 16.7. The minimum Gasteiger partial charge on any atom is -0.508 e. The lowest BCUT2D eigenvalue weighted by Gasteiger charge is -2.19. The fourth-order valence-corrected chi connectivity index (χ4v) is 4.77. The van der Waals surface area contributed by atoms with Crippen LogP contribution in [0.3, 0.4) is 0 Å². The maximum Gasteiger partial charge on any atom is 0.321 e. The number of carboxylic acid groups (broad SMARTS) is 1. The molecule has 1 aromatic heterocycles. The number of nitrogens with one attached hydrogen (secondary N) is 1. The number of carbonyl (C=O) groups is 1. The van der Waals surface area contributed by atoms with Crippen LogP contribution in [0.15, 0.2) is 84.9 Å². The van der Waals surface area contributed by atoms with Gasteiger partial charge in [-0.2, -0.15) is 0 Å². The molecule has 9 nitrogen and oxygen atoms in total. The zero-order valence-electron chi connectivity index (χ0n) is 23.1. The highest BCUT2D eigenvalue weighted by Crippen LogP contribution is 2.37. The third kappa shape index (κ3) is 7.78. The molecule has 0 amide bonds. The standard InChI is InChI=1S/C33H34N2O7/c36-26-13-10-22(11-14-26)17-28(33(38)39)34-31(37)9-5-2-6-16-40-32-20-25(18-27(35-32)23-7-3-1-4-8-23)24-12-15-29-30(19-24)42-21-41-29/h1,3-4,7-8,10-15,18-20,28,31,34,36-37H,2,5-6,9,16-17,21H2,(H,38,39)/t28?,31-/m1/s1. The molecule has 42 heavy (non-hydrogen) atoms. The molecule has 1 aliphatic heterocycles. The number of benzene rings is 3. The number of aliphatic hydroxyl groups is 1. The smallest absolute Gasteiger partial charge is 0.321 e. The molecule has 0 bridgehead atoms.